The zero-order valence-electron chi connectivity index (χ0n) is 11.5. The molecule has 0 saturated carbocycles. The molecule has 3 nitrogen and oxygen atoms in total. The summed E-state index contributed by atoms with van der Waals surface area (Å²) in [5.41, 5.74) is 3.55. The number of anilines is 1. The van der Waals surface area contributed by atoms with Gasteiger partial charge in [-0.2, -0.15) is 0 Å². The first-order valence-electron chi connectivity index (χ1n) is 7.03. The van der Waals surface area contributed by atoms with Gasteiger partial charge in [0.1, 0.15) is 0 Å². The Kier molecular flexibility index (Phi) is 2.82. The average Bonchev–Trinajstić information content (AvgIpc) is 3.00. The van der Waals surface area contributed by atoms with Crippen LogP contribution in [0.2, 0.25) is 0 Å². The molecule has 0 spiro atoms. The zero-order valence-corrected chi connectivity index (χ0v) is 11.5. The number of fused-ring (bicyclic) bond motifs is 2. The van der Waals surface area contributed by atoms with Gasteiger partial charge in [-0.3, -0.25) is 4.98 Å². The largest absolute Gasteiger partial charge is 0.380 e. The summed E-state index contributed by atoms with van der Waals surface area (Å²) in [6.45, 7) is 0.795. The van der Waals surface area contributed by atoms with Gasteiger partial charge in [0.05, 0.1) is 0 Å². The summed E-state index contributed by atoms with van der Waals surface area (Å²) >= 11 is 0. The second kappa shape index (κ2) is 4.94. The first kappa shape index (κ1) is 12.0. The third-order valence-corrected chi connectivity index (χ3v) is 3.79. The van der Waals surface area contributed by atoms with Gasteiger partial charge in [-0.25, -0.2) is 0 Å². The number of nitrogens with zero attached hydrogens (tertiary/aromatic N) is 1. The first-order chi connectivity index (χ1) is 10.4. The van der Waals surface area contributed by atoms with E-state index in [0.29, 0.717) is 0 Å². The lowest BCUT2D eigenvalue weighted by Crippen LogP contribution is -2.00. The number of hydrogen-bond acceptors (Lipinski definition) is 2. The highest BCUT2D eigenvalue weighted by atomic mass is 14.9. The highest BCUT2D eigenvalue weighted by molar-refractivity contribution is 5.93. The molecule has 0 amide bonds. The summed E-state index contributed by atoms with van der Waals surface area (Å²) in [7, 11) is 0. The Bertz CT molecular complexity index is 903. The number of hydrogen-bond donors (Lipinski definition) is 2. The topological polar surface area (TPSA) is 40.7 Å². The van der Waals surface area contributed by atoms with Crippen LogP contribution in [0, 0.1) is 0 Å². The Labute approximate surface area is 122 Å². The molecule has 2 aromatic carbocycles. The highest BCUT2D eigenvalue weighted by Crippen LogP contribution is 2.23. The predicted molar refractivity (Wildman–Crippen MR) is 87.4 cm³/mol. The molecule has 2 aromatic heterocycles. The van der Waals surface area contributed by atoms with E-state index < -0.39 is 0 Å². The summed E-state index contributed by atoms with van der Waals surface area (Å²) in [6.07, 6.45) is 5.70. The molecule has 0 aliphatic carbocycles. The number of rotatable bonds is 3. The molecule has 0 aliphatic heterocycles. The quantitative estimate of drug-likeness (QED) is 0.583. The maximum absolute atomic E-state index is 4.22. The summed E-state index contributed by atoms with van der Waals surface area (Å²) in [5.74, 6) is 0. The van der Waals surface area contributed by atoms with E-state index in [1.165, 1.54) is 21.9 Å². The van der Waals surface area contributed by atoms with Crippen LogP contribution in [-0.4, -0.2) is 9.97 Å². The van der Waals surface area contributed by atoms with Crippen molar-refractivity contribution < 1.29 is 0 Å². The second-order valence-electron chi connectivity index (χ2n) is 5.16. The Hall–Kier alpha value is -2.81. The van der Waals surface area contributed by atoms with Crippen molar-refractivity contribution in [2.75, 3.05) is 5.32 Å². The third-order valence-electron chi connectivity index (χ3n) is 3.79. The first-order valence-corrected chi connectivity index (χ1v) is 7.03. The van der Waals surface area contributed by atoms with Gasteiger partial charge in [0.25, 0.3) is 0 Å². The van der Waals surface area contributed by atoms with Crippen LogP contribution in [0.4, 0.5) is 5.69 Å². The molecule has 21 heavy (non-hydrogen) atoms. The van der Waals surface area contributed by atoms with Crippen LogP contribution < -0.4 is 5.32 Å². The number of nitrogens with one attached hydrogen (secondary N) is 2. The SMILES string of the molecule is c1cc(NCc2ccc3cc[nH]c3c2)c2cnccc2c1. The van der Waals surface area contributed by atoms with Crippen molar-refractivity contribution in [3.63, 3.8) is 0 Å². The fourth-order valence-corrected chi connectivity index (χ4v) is 2.67. The average molecular weight is 273 g/mol. The van der Waals surface area contributed by atoms with E-state index in [1.807, 2.05) is 24.7 Å². The van der Waals surface area contributed by atoms with Gasteiger partial charge < -0.3 is 10.3 Å². The molecular formula is C18H15N3. The van der Waals surface area contributed by atoms with Crippen molar-refractivity contribution in [1.82, 2.24) is 9.97 Å². The molecule has 4 aromatic rings. The molecule has 0 aliphatic rings. The molecule has 4 rings (SSSR count). The highest BCUT2D eigenvalue weighted by Gasteiger charge is 2.01. The number of aromatic nitrogens is 2. The number of H-pyrrole nitrogens is 1. The lowest BCUT2D eigenvalue weighted by atomic mass is 10.1. The molecule has 2 N–H and O–H groups in total. The minimum absolute atomic E-state index is 0.795. The summed E-state index contributed by atoms with van der Waals surface area (Å²) in [5, 5.41) is 7.11. The third kappa shape index (κ3) is 2.23. The van der Waals surface area contributed by atoms with E-state index >= 15 is 0 Å². The van der Waals surface area contributed by atoms with Crippen LogP contribution in [0.5, 0.6) is 0 Å². The van der Waals surface area contributed by atoms with Gasteiger partial charge in [-0.05, 0) is 40.6 Å². The van der Waals surface area contributed by atoms with E-state index in [-0.39, 0.29) is 0 Å². The molecule has 2 heterocycles. The standard InChI is InChI=1S/C18H15N3/c1-2-14-6-8-19-12-16(14)17(3-1)21-11-13-4-5-15-7-9-20-18(15)10-13/h1-10,12,20-21H,11H2. The minimum atomic E-state index is 0.795. The lowest BCUT2D eigenvalue weighted by Gasteiger charge is -2.09. The van der Waals surface area contributed by atoms with Crippen molar-refractivity contribution in [1.29, 1.82) is 0 Å². The van der Waals surface area contributed by atoms with E-state index in [2.05, 4.69) is 57.7 Å². The lowest BCUT2D eigenvalue weighted by molar-refractivity contribution is 1.16. The molecule has 3 heteroatoms. The second-order valence-corrected chi connectivity index (χ2v) is 5.16. The fraction of sp³-hybridized carbons (Fsp3) is 0.0556. The van der Waals surface area contributed by atoms with Crippen LogP contribution in [0.3, 0.4) is 0 Å². The van der Waals surface area contributed by atoms with Gasteiger partial charge in [0, 0.05) is 41.7 Å². The van der Waals surface area contributed by atoms with E-state index in [0.717, 1.165) is 17.6 Å². The number of benzene rings is 2. The van der Waals surface area contributed by atoms with Crippen molar-refractivity contribution in [3.8, 4) is 0 Å². The molecule has 102 valence electrons. The Morgan fingerprint density at radius 2 is 2.00 bits per heavy atom. The monoisotopic (exact) mass is 273 g/mol. The molecular weight excluding hydrogens is 258 g/mol. The van der Waals surface area contributed by atoms with Gasteiger partial charge in [-0.15, -0.1) is 0 Å². The number of pyridine rings is 1. The molecule has 0 bridgehead atoms. The van der Waals surface area contributed by atoms with Gasteiger partial charge in [0.2, 0.25) is 0 Å². The molecule has 0 fully saturated rings. The van der Waals surface area contributed by atoms with Crippen LogP contribution in [0.15, 0.2) is 67.1 Å². The van der Waals surface area contributed by atoms with Crippen LogP contribution in [0.1, 0.15) is 5.56 Å². The predicted octanol–water partition coefficient (Wildman–Crippen LogP) is 4.33. The maximum atomic E-state index is 4.22. The van der Waals surface area contributed by atoms with Gasteiger partial charge >= 0.3 is 0 Å². The van der Waals surface area contributed by atoms with E-state index in [4.69, 9.17) is 0 Å². The molecule has 0 saturated heterocycles. The smallest absolute Gasteiger partial charge is 0.0457 e. The Morgan fingerprint density at radius 3 is 3.00 bits per heavy atom. The van der Waals surface area contributed by atoms with Gasteiger partial charge in [-0.1, -0.05) is 24.3 Å². The van der Waals surface area contributed by atoms with E-state index in [1.54, 1.807) is 0 Å². The molecule has 0 atom stereocenters. The minimum Gasteiger partial charge on any atom is -0.380 e. The summed E-state index contributed by atoms with van der Waals surface area (Å²) < 4.78 is 0. The fourth-order valence-electron chi connectivity index (χ4n) is 2.67. The Balaban J connectivity index is 1.63. The number of aromatic amines is 1. The maximum Gasteiger partial charge on any atom is 0.0457 e. The van der Waals surface area contributed by atoms with Crippen molar-refractivity contribution in [2.24, 2.45) is 0 Å². The Morgan fingerprint density at radius 1 is 1.00 bits per heavy atom. The summed E-state index contributed by atoms with van der Waals surface area (Å²) in [6, 6.07) is 16.9. The van der Waals surface area contributed by atoms with Crippen LogP contribution in [0.25, 0.3) is 21.7 Å². The van der Waals surface area contributed by atoms with Gasteiger partial charge in [0.15, 0.2) is 0 Å². The molecule has 0 unspecified atom stereocenters. The zero-order chi connectivity index (χ0) is 14.1. The molecule has 0 radical (unpaired) electrons. The van der Waals surface area contributed by atoms with Crippen LogP contribution >= 0.6 is 0 Å². The normalized spacial score (nSPS) is 11.0. The van der Waals surface area contributed by atoms with Crippen molar-refractivity contribution in [3.05, 3.63) is 72.7 Å². The summed E-state index contributed by atoms with van der Waals surface area (Å²) in [4.78, 5) is 7.47. The van der Waals surface area contributed by atoms with Crippen molar-refractivity contribution in [2.45, 2.75) is 6.54 Å². The van der Waals surface area contributed by atoms with Crippen LogP contribution in [-0.2, 0) is 6.54 Å². The van der Waals surface area contributed by atoms with E-state index in [9.17, 15) is 0 Å². The van der Waals surface area contributed by atoms with Crippen molar-refractivity contribution >= 4 is 27.4 Å².